The van der Waals surface area contributed by atoms with Gasteiger partial charge in [-0.1, -0.05) is 72.8 Å². The van der Waals surface area contributed by atoms with Crippen LogP contribution in [0.1, 0.15) is 21.5 Å². The zero-order valence-corrected chi connectivity index (χ0v) is 15.7. The lowest BCUT2D eigenvalue weighted by atomic mass is 10.1. The van der Waals surface area contributed by atoms with Crippen LogP contribution in [0.15, 0.2) is 100 Å². The lowest BCUT2D eigenvalue weighted by Crippen LogP contribution is -2.10. The molecule has 4 nitrogen and oxygen atoms in total. The van der Waals surface area contributed by atoms with Crippen molar-refractivity contribution in [1.82, 2.24) is 0 Å². The normalized spacial score (nSPS) is 11.0. The molecule has 0 radical (unpaired) electrons. The van der Waals surface area contributed by atoms with Crippen molar-refractivity contribution in [3.8, 4) is 0 Å². The van der Waals surface area contributed by atoms with Gasteiger partial charge in [-0.25, -0.2) is 4.79 Å². The molecule has 0 aliphatic rings. The number of benzene rings is 3. The monoisotopic (exact) mass is 381 g/mol. The van der Waals surface area contributed by atoms with Crippen molar-refractivity contribution in [1.29, 1.82) is 0 Å². The van der Waals surface area contributed by atoms with Gasteiger partial charge in [0.05, 0.1) is 11.3 Å². The Bertz CT molecular complexity index is 1230. The van der Waals surface area contributed by atoms with E-state index < -0.39 is 5.63 Å². The van der Waals surface area contributed by atoms with Crippen molar-refractivity contribution < 1.29 is 9.21 Å². The highest BCUT2D eigenvalue weighted by atomic mass is 16.4. The second-order valence-electron chi connectivity index (χ2n) is 6.58. The van der Waals surface area contributed by atoms with Gasteiger partial charge < -0.3 is 9.73 Å². The Hall–Kier alpha value is -3.92. The largest absolute Gasteiger partial charge is 0.422 e. The highest BCUT2D eigenvalue weighted by Gasteiger charge is 2.13. The molecule has 1 heterocycles. The Kier molecular flexibility index (Phi) is 5.34. The molecule has 1 N–H and O–H groups in total. The maximum Gasteiger partial charge on any atom is 0.345 e. The van der Waals surface area contributed by atoms with Crippen molar-refractivity contribution in [2.75, 3.05) is 5.32 Å². The molecule has 3 aromatic carbocycles. The van der Waals surface area contributed by atoms with Crippen molar-refractivity contribution in [3.63, 3.8) is 0 Å². The first-order chi connectivity index (χ1) is 14.2. The van der Waals surface area contributed by atoms with Gasteiger partial charge in [-0.2, -0.15) is 0 Å². The molecule has 0 spiro atoms. The highest BCUT2D eigenvalue weighted by Crippen LogP contribution is 2.26. The second-order valence-corrected chi connectivity index (χ2v) is 6.58. The predicted octanol–water partition coefficient (Wildman–Crippen LogP) is 5.30. The second kappa shape index (κ2) is 8.40. The van der Waals surface area contributed by atoms with Crippen LogP contribution in [0.4, 0.5) is 5.69 Å². The first kappa shape index (κ1) is 18.4. The van der Waals surface area contributed by atoms with Crippen LogP contribution in [0.5, 0.6) is 0 Å². The van der Waals surface area contributed by atoms with Crippen LogP contribution in [-0.4, -0.2) is 5.78 Å². The maximum atomic E-state index is 12.6. The van der Waals surface area contributed by atoms with Gasteiger partial charge in [0, 0.05) is 17.5 Å². The third kappa shape index (κ3) is 4.17. The fraction of sp³-hybridized carbons (Fsp3) is 0.0400. The number of para-hydroxylation sites is 1. The first-order valence-corrected chi connectivity index (χ1v) is 9.33. The minimum absolute atomic E-state index is 0.174. The number of carbonyl (C=O) groups is 1. The van der Waals surface area contributed by atoms with E-state index in [0.717, 1.165) is 10.9 Å². The molecule has 0 atom stereocenters. The van der Waals surface area contributed by atoms with Crippen LogP contribution in [0, 0.1) is 0 Å². The van der Waals surface area contributed by atoms with E-state index in [0.29, 0.717) is 28.9 Å². The molecule has 142 valence electrons. The third-order valence-corrected chi connectivity index (χ3v) is 4.62. The van der Waals surface area contributed by atoms with Crippen molar-refractivity contribution in [2.45, 2.75) is 6.54 Å². The topological polar surface area (TPSA) is 59.3 Å². The third-order valence-electron chi connectivity index (χ3n) is 4.62. The van der Waals surface area contributed by atoms with E-state index in [4.69, 9.17) is 4.42 Å². The van der Waals surface area contributed by atoms with Gasteiger partial charge in [0.1, 0.15) is 5.58 Å². The summed E-state index contributed by atoms with van der Waals surface area (Å²) in [6.07, 6.45) is 2.94. The van der Waals surface area contributed by atoms with E-state index in [-0.39, 0.29) is 5.78 Å². The van der Waals surface area contributed by atoms with E-state index in [9.17, 15) is 9.59 Å². The molecule has 0 fully saturated rings. The molecular formula is C25H19NO3. The molecule has 0 bridgehead atoms. The summed E-state index contributed by atoms with van der Waals surface area (Å²) >= 11 is 0. The summed E-state index contributed by atoms with van der Waals surface area (Å²) < 4.78 is 5.47. The van der Waals surface area contributed by atoms with Crippen molar-refractivity contribution >= 4 is 28.5 Å². The van der Waals surface area contributed by atoms with Crippen LogP contribution >= 0.6 is 0 Å². The summed E-state index contributed by atoms with van der Waals surface area (Å²) in [6.45, 7) is 0.543. The molecule has 0 aliphatic carbocycles. The quantitative estimate of drug-likeness (QED) is 0.280. The van der Waals surface area contributed by atoms with E-state index >= 15 is 0 Å². The van der Waals surface area contributed by atoms with Crippen molar-refractivity contribution in [2.24, 2.45) is 0 Å². The average Bonchev–Trinajstić information content (AvgIpc) is 2.77. The lowest BCUT2D eigenvalue weighted by Gasteiger charge is -2.12. The van der Waals surface area contributed by atoms with E-state index in [1.54, 1.807) is 30.3 Å². The minimum atomic E-state index is -0.489. The number of hydrogen-bond donors (Lipinski definition) is 1. The Labute approximate surface area is 168 Å². The van der Waals surface area contributed by atoms with E-state index in [2.05, 4.69) is 5.32 Å². The Morgan fingerprint density at radius 1 is 0.862 bits per heavy atom. The maximum absolute atomic E-state index is 12.6. The molecule has 0 aliphatic heterocycles. The van der Waals surface area contributed by atoms with Gasteiger partial charge in [-0.3, -0.25) is 4.79 Å². The molecule has 0 saturated heterocycles. The van der Waals surface area contributed by atoms with Gasteiger partial charge in [-0.05, 0) is 29.8 Å². The van der Waals surface area contributed by atoms with Gasteiger partial charge >= 0.3 is 5.63 Å². The van der Waals surface area contributed by atoms with Crippen LogP contribution in [0.2, 0.25) is 0 Å². The highest BCUT2D eigenvalue weighted by molar-refractivity contribution is 6.07. The Morgan fingerprint density at radius 3 is 2.28 bits per heavy atom. The summed E-state index contributed by atoms with van der Waals surface area (Å²) in [5, 5.41) is 4.14. The Balaban J connectivity index is 1.74. The zero-order valence-electron chi connectivity index (χ0n) is 15.7. The minimum Gasteiger partial charge on any atom is -0.422 e. The van der Waals surface area contributed by atoms with Crippen LogP contribution in [0.3, 0.4) is 0 Å². The number of carbonyl (C=O) groups excluding carboxylic acids is 1. The summed E-state index contributed by atoms with van der Waals surface area (Å²) in [5.41, 5.74) is 2.63. The lowest BCUT2D eigenvalue weighted by molar-refractivity contribution is 0.104. The molecule has 0 saturated carbocycles. The summed E-state index contributed by atoms with van der Waals surface area (Å²) in [5.74, 6) is -0.174. The van der Waals surface area contributed by atoms with Crippen LogP contribution < -0.4 is 10.9 Å². The molecule has 4 aromatic rings. The van der Waals surface area contributed by atoms with E-state index in [1.165, 1.54) is 12.2 Å². The number of nitrogens with one attached hydrogen (secondary N) is 1. The molecule has 29 heavy (non-hydrogen) atoms. The number of fused-ring (bicyclic) bond motifs is 1. The molecule has 4 rings (SSSR count). The molecular weight excluding hydrogens is 362 g/mol. The number of ketones is 1. The number of hydrogen-bond acceptors (Lipinski definition) is 4. The summed E-state index contributed by atoms with van der Waals surface area (Å²) in [4.78, 5) is 25.1. The summed E-state index contributed by atoms with van der Waals surface area (Å²) in [6, 6.07) is 26.2. The molecule has 0 unspecified atom stereocenters. The number of rotatable bonds is 6. The molecule has 4 heteroatoms. The smallest absolute Gasteiger partial charge is 0.345 e. The van der Waals surface area contributed by atoms with Gasteiger partial charge in [0.15, 0.2) is 5.78 Å². The van der Waals surface area contributed by atoms with Crippen LogP contribution in [-0.2, 0) is 6.54 Å². The number of allylic oxidation sites excluding steroid dienone is 1. The fourth-order valence-electron chi connectivity index (χ4n) is 3.15. The molecule has 1 aromatic heterocycles. The SMILES string of the molecule is O=C(/C=C/c1c(NCc2ccccc2)c2ccccc2oc1=O)c1ccccc1. The van der Waals surface area contributed by atoms with Gasteiger partial charge in [-0.15, -0.1) is 0 Å². The Morgan fingerprint density at radius 2 is 1.52 bits per heavy atom. The fourth-order valence-corrected chi connectivity index (χ4v) is 3.15. The van der Waals surface area contributed by atoms with Crippen molar-refractivity contribution in [3.05, 3.63) is 118 Å². The number of anilines is 1. The zero-order chi connectivity index (χ0) is 20.1. The van der Waals surface area contributed by atoms with E-state index in [1.807, 2.05) is 54.6 Å². The van der Waals surface area contributed by atoms with Gasteiger partial charge in [0.2, 0.25) is 0 Å². The molecule has 0 amide bonds. The average molecular weight is 381 g/mol. The standard InChI is InChI=1S/C25H19NO3/c27-22(19-11-5-2-6-12-19)16-15-21-24(26-17-18-9-3-1-4-10-18)20-13-7-8-14-23(20)29-25(21)28/h1-16,26H,17H2/b16-15+. The summed E-state index contributed by atoms with van der Waals surface area (Å²) in [7, 11) is 0. The van der Waals surface area contributed by atoms with Crippen LogP contribution in [0.25, 0.3) is 17.0 Å². The predicted molar refractivity (Wildman–Crippen MR) is 116 cm³/mol. The first-order valence-electron chi connectivity index (χ1n) is 9.33. The van der Waals surface area contributed by atoms with Gasteiger partial charge in [0.25, 0.3) is 0 Å².